The van der Waals surface area contributed by atoms with Crippen LogP contribution in [-0.2, 0) is 23.9 Å². The van der Waals surface area contributed by atoms with Gasteiger partial charge in [-0.3, -0.25) is 24.1 Å². The largest absolute Gasteiger partial charge is 0.454 e. The number of esters is 1. The molecule has 2 aliphatic rings. The number of imide groups is 1. The maximum absolute atomic E-state index is 12.5. The third-order valence-corrected chi connectivity index (χ3v) is 5.89. The molecule has 2 atom stereocenters. The number of anilines is 1. The number of para-hydroxylation sites is 1. The molecule has 3 amide bonds. The van der Waals surface area contributed by atoms with Crippen LogP contribution in [0.1, 0.15) is 63.5 Å². The van der Waals surface area contributed by atoms with Crippen molar-refractivity contribution < 1.29 is 23.9 Å². The zero-order valence-corrected chi connectivity index (χ0v) is 18.5. The molecule has 0 unspecified atom stereocenters. The van der Waals surface area contributed by atoms with E-state index >= 15 is 0 Å². The molecule has 7 heteroatoms. The molecule has 1 aliphatic carbocycles. The van der Waals surface area contributed by atoms with Crippen LogP contribution in [-0.4, -0.2) is 41.7 Å². The summed E-state index contributed by atoms with van der Waals surface area (Å²) in [5.74, 6) is -2.28. The molecule has 1 fully saturated rings. The molecule has 7 nitrogen and oxygen atoms in total. The quantitative estimate of drug-likeness (QED) is 0.410. The van der Waals surface area contributed by atoms with Crippen molar-refractivity contribution in [1.29, 1.82) is 0 Å². The van der Waals surface area contributed by atoms with Gasteiger partial charge in [0.1, 0.15) is 6.54 Å². The number of benzene rings is 1. The summed E-state index contributed by atoms with van der Waals surface area (Å²) in [4.78, 5) is 50.6. The number of ether oxygens (including phenoxy) is 1. The molecule has 1 saturated heterocycles. The van der Waals surface area contributed by atoms with Crippen LogP contribution >= 0.6 is 0 Å². The van der Waals surface area contributed by atoms with Gasteiger partial charge in [-0.05, 0) is 35.8 Å². The fourth-order valence-electron chi connectivity index (χ4n) is 4.22. The lowest BCUT2D eigenvalue weighted by molar-refractivity contribution is -0.154. The van der Waals surface area contributed by atoms with E-state index in [1.807, 2.05) is 58.0 Å². The fraction of sp³-hybridized carbons (Fsp3) is 0.500. The molecule has 1 aromatic carbocycles. The molecule has 1 N–H and O–H groups in total. The zero-order valence-electron chi connectivity index (χ0n) is 18.5. The highest BCUT2D eigenvalue weighted by atomic mass is 16.5. The van der Waals surface area contributed by atoms with Crippen molar-refractivity contribution in [3.05, 3.63) is 41.5 Å². The molecule has 3 rings (SSSR count). The summed E-state index contributed by atoms with van der Waals surface area (Å²) in [6.07, 6.45) is 4.80. The zero-order chi connectivity index (χ0) is 22.7. The number of nitrogens with one attached hydrogen (secondary N) is 1. The van der Waals surface area contributed by atoms with Crippen LogP contribution < -0.4 is 5.32 Å². The summed E-state index contributed by atoms with van der Waals surface area (Å²) in [6, 6.07) is 5.91. The molecular formula is C24H30N2O5. The Hall–Kier alpha value is -2.96. The molecule has 0 spiro atoms. The topological polar surface area (TPSA) is 92.8 Å². The van der Waals surface area contributed by atoms with Crippen molar-refractivity contribution in [2.24, 2.45) is 11.8 Å². The SMILES string of the molecule is CC(C)c1cccc(C(C)C)c1NC(=O)COC(=O)CN1C(=O)[C@@H]2CC=CC[C@H]2C1=O. The fourth-order valence-corrected chi connectivity index (χ4v) is 4.22. The van der Waals surface area contributed by atoms with Crippen molar-refractivity contribution in [2.45, 2.75) is 52.4 Å². The standard InChI is InChI=1S/C24H30N2O5/c1-14(2)16-10-7-11-17(15(3)4)22(16)25-20(27)13-31-21(28)12-26-23(29)18-8-5-6-9-19(18)24(26)30/h5-7,10-11,14-15,18-19H,8-9,12-13H2,1-4H3,(H,25,27)/t18-,19-/m1/s1. The van der Waals surface area contributed by atoms with E-state index in [4.69, 9.17) is 4.74 Å². The Morgan fingerprint density at radius 3 is 2.00 bits per heavy atom. The van der Waals surface area contributed by atoms with Crippen molar-refractivity contribution in [3.63, 3.8) is 0 Å². The lowest BCUT2D eigenvalue weighted by atomic mass is 9.85. The first-order valence-corrected chi connectivity index (χ1v) is 10.8. The Bertz CT molecular complexity index is 866. The minimum Gasteiger partial charge on any atom is -0.454 e. The molecule has 1 aromatic rings. The number of nitrogens with zero attached hydrogens (tertiary/aromatic N) is 1. The molecule has 0 aromatic heterocycles. The number of amides is 3. The van der Waals surface area contributed by atoms with E-state index in [2.05, 4.69) is 5.32 Å². The summed E-state index contributed by atoms with van der Waals surface area (Å²) in [6.45, 7) is 7.25. The second-order valence-electron chi connectivity index (χ2n) is 8.75. The van der Waals surface area contributed by atoms with Gasteiger partial charge < -0.3 is 10.1 Å². The van der Waals surface area contributed by atoms with Gasteiger partial charge in [0.25, 0.3) is 5.91 Å². The Morgan fingerprint density at radius 1 is 1.00 bits per heavy atom. The summed E-state index contributed by atoms with van der Waals surface area (Å²) >= 11 is 0. The third-order valence-electron chi connectivity index (χ3n) is 5.89. The second kappa shape index (κ2) is 9.45. The predicted octanol–water partition coefficient (Wildman–Crippen LogP) is 3.37. The Morgan fingerprint density at radius 2 is 1.52 bits per heavy atom. The first-order chi connectivity index (χ1) is 14.7. The molecule has 31 heavy (non-hydrogen) atoms. The molecule has 1 aliphatic heterocycles. The minimum absolute atomic E-state index is 0.210. The first kappa shape index (κ1) is 22.7. The normalized spacial score (nSPS) is 20.4. The van der Waals surface area contributed by atoms with Crippen LogP contribution in [0.4, 0.5) is 5.69 Å². The minimum atomic E-state index is -0.773. The Kier molecular flexibility index (Phi) is 6.93. The average Bonchev–Trinajstić information content (AvgIpc) is 2.97. The molecule has 1 heterocycles. The van der Waals surface area contributed by atoms with Crippen LogP contribution in [0.3, 0.4) is 0 Å². The predicted molar refractivity (Wildman–Crippen MR) is 116 cm³/mol. The molecule has 166 valence electrons. The molecular weight excluding hydrogens is 396 g/mol. The monoisotopic (exact) mass is 426 g/mol. The number of hydrogen-bond acceptors (Lipinski definition) is 5. The molecule has 0 radical (unpaired) electrons. The highest BCUT2D eigenvalue weighted by Gasteiger charge is 2.47. The summed E-state index contributed by atoms with van der Waals surface area (Å²) in [5.41, 5.74) is 2.76. The van der Waals surface area contributed by atoms with Crippen molar-refractivity contribution in [3.8, 4) is 0 Å². The molecule has 0 bridgehead atoms. The van der Waals surface area contributed by atoms with Gasteiger partial charge in [-0.25, -0.2) is 0 Å². The number of fused-ring (bicyclic) bond motifs is 1. The maximum Gasteiger partial charge on any atom is 0.326 e. The summed E-state index contributed by atoms with van der Waals surface area (Å²) in [5, 5.41) is 2.88. The Labute approximate surface area is 182 Å². The van der Waals surface area contributed by atoms with E-state index in [0.717, 1.165) is 21.7 Å². The summed E-state index contributed by atoms with van der Waals surface area (Å²) < 4.78 is 5.08. The summed E-state index contributed by atoms with van der Waals surface area (Å²) in [7, 11) is 0. The van der Waals surface area contributed by atoms with Crippen LogP contribution in [0, 0.1) is 11.8 Å². The average molecular weight is 427 g/mol. The number of hydrogen-bond donors (Lipinski definition) is 1. The number of rotatable bonds is 7. The van der Waals surface area contributed by atoms with Gasteiger partial charge in [0, 0.05) is 5.69 Å². The van der Waals surface area contributed by atoms with E-state index in [9.17, 15) is 19.2 Å². The van der Waals surface area contributed by atoms with E-state index in [1.165, 1.54) is 0 Å². The lowest BCUT2D eigenvalue weighted by Crippen LogP contribution is -2.37. The van der Waals surface area contributed by atoms with Crippen LogP contribution in [0.25, 0.3) is 0 Å². The van der Waals surface area contributed by atoms with Gasteiger partial charge in [-0.2, -0.15) is 0 Å². The van der Waals surface area contributed by atoms with Gasteiger partial charge in [0.2, 0.25) is 11.8 Å². The Balaban J connectivity index is 1.59. The third kappa shape index (κ3) is 4.86. The van der Waals surface area contributed by atoms with E-state index in [1.54, 1.807) is 0 Å². The van der Waals surface area contributed by atoms with Crippen molar-refractivity contribution in [1.82, 2.24) is 4.90 Å². The first-order valence-electron chi connectivity index (χ1n) is 10.8. The van der Waals surface area contributed by atoms with E-state index < -0.39 is 36.9 Å². The highest BCUT2D eigenvalue weighted by Crippen LogP contribution is 2.35. The number of allylic oxidation sites excluding steroid dienone is 2. The van der Waals surface area contributed by atoms with Crippen molar-refractivity contribution >= 4 is 29.4 Å². The molecule has 0 saturated carbocycles. The van der Waals surface area contributed by atoms with Gasteiger partial charge >= 0.3 is 5.97 Å². The number of likely N-dealkylation sites (tertiary alicyclic amines) is 1. The highest BCUT2D eigenvalue weighted by molar-refractivity contribution is 6.07. The van der Waals surface area contributed by atoms with E-state index in [0.29, 0.717) is 12.8 Å². The maximum atomic E-state index is 12.5. The van der Waals surface area contributed by atoms with Crippen LogP contribution in [0.15, 0.2) is 30.4 Å². The van der Waals surface area contributed by atoms with Gasteiger partial charge in [-0.1, -0.05) is 58.0 Å². The van der Waals surface area contributed by atoms with E-state index in [-0.39, 0.29) is 23.7 Å². The van der Waals surface area contributed by atoms with Gasteiger partial charge in [0.05, 0.1) is 11.8 Å². The second-order valence-corrected chi connectivity index (χ2v) is 8.75. The van der Waals surface area contributed by atoms with Crippen LogP contribution in [0.5, 0.6) is 0 Å². The van der Waals surface area contributed by atoms with Gasteiger partial charge in [0.15, 0.2) is 6.61 Å². The number of carbonyl (C=O) groups excluding carboxylic acids is 4. The lowest BCUT2D eigenvalue weighted by Gasteiger charge is -2.20. The smallest absolute Gasteiger partial charge is 0.326 e. The number of carbonyl (C=O) groups is 4. The van der Waals surface area contributed by atoms with Crippen LogP contribution in [0.2, 0.25) is 0 Å². The van der Waals surface area contributed by atoms with Gasteiger partial charge in [-0.15, -0.1) is 0 Å². The van der Waals surface area contributed by atoms with Crippen molar-refractivity contribution in [2.75, 3.05) is 18.5 Å².